The third-order valence-electron chi connectivity index (χ3n) is 1.63. The molecule has 0 atom stereocenters. The third kappa shape index (κ3) is 2.52. The van der Waals surface area contributed by atoms with Crippen LogP contribution in [0.1, 0.15) is 19.4 Å². The Labute approximate surface area is 89.0 Å². The molecule has 0 aliphatic carbocycles. The first-order valence-electron chi connectivity index (χ1n) is 4.85. The fraction of sp³-hybridized carbons (Fsp3) is 0.300. The summed E-state index contributed by atoms with van der Waals surface area (Å²) in [7, 11) is 0. The molecule has 0 aliphatic heterocycles. The largest absolute Gasteiger partial charge is 0.381 e. The van der Waals surface area contributed by atoms with Crippen LogP contribution in [0.25, 0.3) is 5.82 Å². The molecule has 0 amide bonds. The lowest BCUT2D eigenvalue weighted by Crippen LogP contribution is -2.04. The minimum atomic E-state index is 0.380. The van der Waals surface area contributed by atoms with E-state index >= 15 is 0 Å². The Balaban J connectivity index is 0.000000531. The van der Waals surface area contributed by atoms with Crippen molar-refractivity contribution in [1.29, 1.82) is 0 Å². The van der Waals surface area contributed by atoms with Crippen LogP contribution in [0.2, 0.25) is 0 Å². The number of hydrogen-bond acceptors (Lipinski definition) is 4. The molecule has 0 spiro atoms. The lowest BCUT2D eigenvalue weighted by Gasteiger charge is -2.01. The van der Waals surface area contributed by atoms with Crippen LogP contribution in [0.3, 0.4) is 0 Å². The van der Waals surface area contributed by atoms with E-state index in [-0.39, 0.29) is 0 Å². The number of aromatic nitrogens is 4. The van der Waals surface area contributed by atoms with Gasteiger partial charge >= 0.3 is 0 Å². The van der Waals surface area contributed by atoms with Gasteiger partial charge in [0.2, 0.25) is 0 Å². The van der Waals surface area contributed by atoms with Gasteiger partial charge in [0.05, 0.1) is 6.20 Å². The molecule has 2 rings (SSSR count). The quantitative estimate of drug-likeness (QED) is 0.767. The van der Waals surface area contributed by atoms with Crippen molar-refractivity contribution in [3.05, 3.63) is 30.4 Å². The number of hydrogen-bond donors (Lipinski definition) is 1. The summed E-state index contributed by atoms with van der Waals surface area (Å²) in [4.78, 5) is 7.99. The van der Waals surface area contributed by atoms with E-state index in [0.29, 0.717) is 11.6 Å². The fourth-order valence-corrected chi connectivity index (χ4v) is 1.05. The van der Waals surface area contributed by atoms with Gasteiger partial charge in [0, 0.05) is 18.6 Å². The number of anilines is 1. The molecule has 2 heterocycles. The van der Waals surface area contributed by atoms with E-state index in [1.54, 1.807) is 23.3 Å². The van der Waals surface area contributed by atoms with E-state index in [2.05, 4.69) is 15.1 Å². The maximum Gasteiger partial charge on any atom is 0.196 e. The molecule has 80 valence electrons. The molecule has 15 heavy (non-hydrogen) atoms. The Morgan fingerprint density at radius 2 is 1.87 bits per heavy atom. The van der Waals surface area contributed by atoms with E-state index in [0.717, 1.165) is 5.56 Å². The maximum atomic E-state index is 5.63. The lowest BCUT2D eigenvalue weighted by molar-refractivity contribution is 0.842. The van der Waals surface area contributed by atoms with Gasteiger partial charge in [0.15, 0.2) is 11.6 Å². The molecule has 0 fully saturated rings. The number of rotatable bonds is 1. The second-order valence-corrected chi connectivity index (χ2v) is 2.73. The Kier molecular flexibility index (Phi) is 3.79. The van der Waals surface area contributed by atoms with Gasteiger partial charge in [-0.25, -0.2) is 14.6 Å². The molecule has 0 unspecified atom stereocenters. The van der Waals surface area contributed by atoms with Crippen molar-refractivity contribution in [1.82, 2.24) is 19.7 Å². The summed E-state index contributed by atoms with van der Waals surface area (Å²) in [5.41, 5.74) is 6.69. The van der Waals surface area contributed by atoms with Gasteiger partial charge in [-0.1, -0.05) is 13.8 Å². The second kappa shape index (κ2) is 5.09. The monoisotopic (exact) mass is 205 g/mol. The highest BCUT2D eigenvalue weighted by atomic mass is 15.3. The molecule has 5 heteroatoms. The average molecular weight is 205 g/mol. The molecular formula is C10H15N5. The Bertz CT molecular complexity index is 421. The molecule has 2 aromatic rings. The van der Waals surface area contributed by atoms with Crippen LogP contribution in [0, 0.1) is 6.92 Å². The zero-order valence-corrected chi connectivity index (χ0v) is 9.18. The molecule has 0 aliphatic rings. The summed E-state index contributed by atoms with van der Waals surface area (Å²) in [5.74, 6) is 0.946. The predicted octanol–water partition coefficient (Wildman–Crippen LogP) is 1.58. The van der Waals surface area contributed by atoms with Crippen LogP contribution < -0.4 is 5.73 Å². The van der Waals surface area contributed by atoms with E-state index in [9.17, 15) is 0 Å². The van der Waals surface area contributed by atoms with Gasteiger partial charge in [-0.15, -0.1) is 0 Å². The third-order valence-corrected chi connectivity index (χ3v) is 1.63. The number of aryl methyl sites for hydroxylation is 1. The van der Waals surface area contributed by atoms with Crippen molar-refractivity contribution in [3.63, 3.8) is 0 Å². The summed E-state index contributed by atoms with van der Waals surface area (Å²) in [6.07, 6.45) is 6.73. The van der Waals surface area contributed by atoms with Gasteiger partial charge in [-0.3, -0.25) is 0 Å². The second-order valence-electron chi connectivity index (χ2n) is 2.73. The average Bonchev–Trinajstić information content (AvgIpc) is 2.68. The highest BCUT2D eigenvalue weighted by Gasteiger charge is 2.03. The molecule has 0 saturated heterocycles. The van der Waals surface area contributed by atoms with Crippen molar-refractivity contribution in [3.8, 4) is 5.82 Å². The molecule has 2 aromatic heterocycles. The van der Waals surface area contributed by atoms with Gasteiger partial charge in [-0.05, 0) is 12.5 Å². The van der Waals surface area contributed by atoms with Crippen LogP contribution in [0.15, 0.2) is 24.8 Å². The van der Waals surface area contributed by atoms with Crippen molar-refractivity contribution in [2.24, 2.45) is 0 Å². The van der Waals surface area contributed by atoms with E-state index in [1.807, 2.05) is 27.0 Å². The number of nitrogens with two attached hydrogens (primary N) is 1. The highest BCUT2D eigenvalue weighted by molar-refractivity contribution is 5.45. The van der Waals surface area contributed by atoms with Crippen molar-refractivity contribution >= 4 is 5.82 Å². The van der Waals surface area contributed by atoms with E-state index in [1.165, 1.54) is 0 Å². The minimum absolute atomic E-state index is 0.380. The summed E-state index contributed by atoms with van der Waals surface area (Å²) >= 11 is 0. The normalized spacial score (nSPS) is 9.27. The van der Waals surface area contributed by atoms with Crippen molar-refractivity contribution < 1.29 is 0 Å². The van der Waals surface area contributed by atoms with E-state index < -0.39 is 0 Å². The van der Waals surface area contributed by atoms with Crippen LogP contribution in [-0.2, 0) is 0 Å². The molecule has 0 saturated carbocycles. The zero-order chi connectivity index (χ0) is 11.3. The van der Waals surface area contributed by atoms with Crippen molar-refractivity contribution in [2.45, 2.75) is 20.8 Å². The highest BCUT2D eigenvalue weighted by Crippen LogP contribution is 2.09. The van der Waals surface area contributed by atoms with Crippen LogP contribution >= 0.6 is 0 Å². The van der Waals surface area contributed by atoms with Gasteiger partial charge in [-0.2, -0.15) is 5.10 Å². The molecule has 0 radical (unpaired) electrons. The van der Waals surface area contributed by atoms with Crippen LogP contribution in [-0.4, -0.2) is 19.7 Å². The maximum absolute atomic E-state index is 5.63. The molecular weight excluding hydrogens is 190 g/mol. The predicted molar refractivity (Wildman–Crippen MR) is 59.7 cm³/mol. The summed E-state index contributed by atoms with van der Waals surface area (Å²) in [6.45, 7) is 5.95. The van der Waals surface area contributed by atoms with Crippen LogP contribution in [0.5, 0.6) is 0 Å². The van der Waals surface area contributed by atoms with Gasteiger partial charge < -0.3 is 5.73 Å². The van der Waals surface area contributed by atoms with Crippen molar-refractivity contribution in [2.75, 3.05) is 5.73 Å². The lowest BCUT2D eigenvalue weighted by atomic mass is 10.4. The molecule has 2 N–H and O–H groups in total. The number of nitrogens with zero attached hydrogens (tertiary/aromatic N) is 4. The Morgan fingerprint density at radius 3 is 2.40 bits per heavy atom. The zero-order valence-electron chi connectivity index (χ0n) is 9.18. The SMILES string of the molecule is CC.Cc1cnn(-c2nccnc2N)c1. The topological polar surface area (TPSA) is 69.6 Å². The Morgan fingerprint density at radius 1 is 1.20 bits per heavy atom. The molecule has 0 aromatic carbocycles. The minimum Gasteiger partial charge on any atom is -0.381 e. The standard InChI is InChI=1S/C8H9N5.C2H6/c1-6-4-12-13(5-6)8-7(9)10-2-3-11-8;1-2/h2-5H,1H3,(H2,9,10);1-2H3. The fourth-order valence-electron chi connectivity index (χ4n) is 1.05. The van der Waals surface area contributed by atoms with E-state index in [4.69, 9.17) is 5.73 Å². The first-order chi connectivity index (χ1) is 7.27. The summed E-state index contributed by atoms with van der Waals surface area (Å²) in [6, 6.07) is 0. The summed E-state index contributed by atoms with van der Waals surface area (Å²) in [5, 5.41) is 4.08. The van der Waals surface area contributed by atoms with Gasteiger partial charge in [0.25, 0.3) is 0 Å². The smallest absolute Gasteiger partial charge is 0.196 e. The molecule has 0 bridgehead atoms. The summed E-state index contributed by atoms with van der Waals surface area (Å²) < 4.78 is 1.61. The van der Waals surface area contributed by atoms with Gasteiger partial charge in [0.1, 0.15) is 0 Å². The first-order valence-corrected chi connectivity index (χ1v) is 4.85. The first kappa shape index (κ1) is 11.2. The number of nitrogen functional groups attached to an aromatic ring is 1. The molecule has 5 nitrogen and oxygen atoms in total. The van der Waals surface area contributed by atoms with Crippen LogP contribution in [0.4, 0.5) is 5.82 Å². The Hall–Kier alpha value is -1.91.